The smallest absolute Gasteiger partial charge is 0.257 e. The first kappa shape index (κ1) is 19.0. The number of anilines is 1. The molecule has 3 rings (SSSR count). The topological polar surface area (TPSA) is 37.4 Å². The standard InChI is InChI=1S/C19H15Cl2NO2S2/c20-17-4-1-3-15(11-17)8-10-26(23,24)22(13-16-7-9-25-14-16)19-6-2-5-18(21)12-19/h1-12,14H,13H2. The Hall–Kier alpha value is -1.79. The maximum atomic E-state index is 13.0. The molecule has 0 aliphatic rings. The Morgan fingerprint density at radius 1 is 1.00 bits per heavy atom. The van der Waals surface area contributed by atoms with E-state index in [1.54, 1.807) is 48.5 Å². The highest BCUT2D eigenvalue weighted by Crippen LogP contribution is 2.26. The zero-order valence-corrected chi connectivity index (χ0v) is 16.7. The lowest BCUT2D eigenvalue weighted by Crippen LogP contribution is -2.28. The molecule has 0 spiro atoms. The number of sulfonamides is 1. The van der Waals surface area contributed by atoms with E-state index in [2.05, 4.69) is 0 Å². The third-order valence-corrected chi connectivity index (χ3v) is 6.23. The van der Waals surface area contributed by atoms with E-state index in [9.17, 15) is 8.42 Å². The number of rotatable bonds is 6. The fourth-order valence-electron chi connectivity index (χ4n) is 2.36. The van der Waals surface area contributed by atoms with Gasteiger partial charge >= 0.3 is 0 Å². The number of hydrogen-bond acceptors (Lipinski definition) is 3. The SMILES string of the molecule is O=S(=O)(C=Cc1cccc(Cl)c1)N(Cc1ccsc1)c1cccc(Cl)c1. The molecule has 0 radical (unpaired) electrons. The molecule has 0 amide bonds. The van der Waals surface area contributed by atoms with Gasteiger partial charge < -0.3 is 0 Å². The van der Waals surface area contributed by atoms with Crippen molar-refractivity contribution < 1.29 is 8.42 Å². The van der Waals surface area contributed by atoms with Crippen molar-refractivity contribution in [2.75, 3.05) is 4.31 Å². The molecular weight excluding hydrogens is 409 g/mol. The van der Waals surface area contributed by atoms with Gasteiger partial charge in [0.15, 0.2) is 0 Å². The molecule has 3 aromatic rings. The highest BCUT2D eigenvalue weighted by Gasteiger charge is 2.20. The van der Waals surface area contributed by atoms with Gasteiger partial charge in [0.25, 0.3) is 10.0 Å². The summed E-state index contributed by atoms with van der Waals surface area (Å²) in [6, 6.07) is 15.7. The van der Waals surface area contributed by atoms with Crippen LogP contribution in [-0.2, 0) is 16.6 Å². The van der Waals surface area contributed by atoms with Gasteiger partial charge in [0.2, 0.25) is 0 Å². The van der Waals surface area contributed by atoms with Gasteiger partial charge in [0, 0.05) is 10.0 Å². The summed E-state index contributed by atoms with van der Waals surface area (Å²) in [5, 5.41) is 6.06. The molecule has 134 valence electrons. The van der Waals surface area contributed by atoms with E-state index in [0.717, 1.165) is 5.56 Å². The predicted molar refractivity (Wildman–Crippen MR) is 111 cm³/mol. The number of nitrogens with zero attached hydrogens (tertiary/aromatic N) is 1. The van der Waals surface area contributed by atoms with Crippen molar-refractivity contribution in [3.05, 3.63) is 91.9 Å². The van der Waals surface area contributed by atoms with Crippen LogP contribution < -0.4 is 4.31 Å². The van der Waals surface area contributed by atoms with Crippen LogP contribution in [-0.4, -0.2) is 8.42 Å². The number of hydrogen-bond donors (Lipinski definition) is 0. The van der Waals surface area contributed by atoms with Gasteiger partial charge in [-0.2, -0.15) is 11.3 Å². The van der Waals surface area contributed by atoms with E-state index < -0.39 is 10.0 Å². The monoisotopic (exact) mass is 423 g/mol. The second kappa shape index (κ2) is 8.27. The lowest BCUT2D eigenvalue weighted by Gasteiger charge is -2.22. The molecule has 0 fully saturated rings. The van der Waals surface area contributed by atoms with Crippen molar-refractivity contribution >= 4 is 56.3 Å². The van der Waals surface area contributed by atoms with Crippen LogP contribution in [0, 0.1) is 0 Å². The first-order chi connectivity index (χ1) is 12.4. The van der Waals surface area contributed by atoms with Gasteiger partial charge in [-0.1, -0.05) is 41.4 Å². The summed E-state index contributed by atoms with van der Waals surface area (Å²) in [6.45, 7) is 0.228. The summed E-state index contributed by atoms with van der Waals surface area (Å²) in [4.78, 5) is 0. The number of benzene rings is 2. The van der Waals surface area contributed by atoms with Crippen LogP contribution in [0.4, 0.5) is 5.69 Å². The van der Waals surface area contributed by atoms with E-state index in [4.69, 9.17) is 23.2 Å². The highest BCUT2D eigenvalue weighted by atomic mass is 35.5. The Morgan fingerprint density at radius 3 is 2.38 bits per heavy atom. The van der Waals surface area contributed by atoms with E-state index in [1.807, 2.05) is 16.8 Å². The lowest BCUT2D eigenvalue weighted by atomic mass is 10.2. The molecule has 0 saturated carbocycles. The maximum absolute atomic E-state index is 13.0. The Labute approximate surface area is 167 Å². The molecule has 0 atom stereocenters. The first-order valence-corrected chi connectivity index (χ1v) is 10.9. The zero-order chi connectivity index (χ0) is 18.6. The van der Waals surface area contributed by atoms with Crippen LogP contribution in [0.3, 0.4) is 0 Å². The van der Waals surface area contributed by atoms with Crippen LogP contribution in [0.15, 0.2) is 70.8 Å². The molecule has 0 aliphatic heterocycles. The normalized spacial score (nSPS) is 11.8. The summed E-state index contributed by atoms with van der Waals surface area (Å²) < 4.78 is 27.3. The largest absolute Gasteiger partial charge is 0.262 e. The number of halogens is 2. The van der Waals surface area contributed by atoms with Gasteiger partial charge in [0.05, 0.1) is 17.6 Å². The zero-order valence-electron chi connectivity index (χ0n) is 13.5. The van der Waals surface area contributed by atoms with Gasteiger partial charge in [-0.25, -0.2) is 8.42 Å². The Bertz CT molecular complexity index is 1020. The molecule has 0 bridgehead atoms. The highest BCUT2D eigenvalue weighted by molar-refractivity contribution is 7.95. The first-order valence-electron chi connectivity index (χ1n) is 7.67. The van der Waals surface area contributed by atoms with Gasteiger partial charge in [-0.3, -0.25) is 4.31 Å². The Balaban J connectivity index is 1.96. The summed E-state index contributed by atoms with van der Waals surface area (Å²) in [6.07, 6.45) is 1.53. The molecule has 26 heavy (non-hydrogen) atoms. The van der Waals surface area contributed by atoms with Crippen molar-refractivity contribution in [2.45, 2.75) is 6.54 Å². The van der Waals surface area contributed by atoms with Crippen molar-refractivity contribution in [3.63, 3.8) is 0 Å². The van der Waals surface area contributed by atoms with E-state index in [1.165, 1.54) is 27.1 Å². The number of thiophene rings is 1. The summed E-state index contributed by atoms with van der Waals surface area (Å²) in [7, 11) is -3.72. The quantitative estimate of drug-likeness (QED) is 0.482. The van der Waals surface area contributed by atoms with Crippen LogP contribution in [0.25, 0.3) is 6.08 Å². The van der Waals surface area contributed by atoms with Gasteiger partial charge in [0.1, 0.15) is 0 Å². The fourth-order valence-corrected chi connectivity index (χ4v) is 4.61. The molecule has 1 heterocycles. The van der Waals surface area contributed by atoms with Gasteiger partial charge in [-0.05, 0) is 64.4 Å². The minimum absolute atomic E-state index is 0.228. The average molecular weight is 424 g/mol. The summed E-state index contributed by atoms with van der Waals surface area (Å²) in [5.41, 5.74) is 2.14. The minimum Gasteiger partial charge on any atom is -0.262 e. The third-order valence-electron chi connectivity index (χ3n) is 3.59. The van der Waals surface area contributed by atoms with Crippen LogP contribution in [0.5, 0.6) is 0 Å². The van der Waals surface area contributed by atoms with Crippen molar-refractivity contribution in [3.8, 4) is 0 Å². The van der Waals surface area contributed by atoms with Crippen LogP contribution in [0.2, 0.25) is 10.0 Å². The fraction of sp³-hybridized carbons (Fsp3) is 0.0526. The molecular formula is C19H15Cl2NO2S2. The molecule has 1 aromatic heterocycles. The average Bonchev–Trinajstić information content (AvgIpc) is 3.11. The van der Waals surface area contributed by atoms with E-state index in [-0.39, 0.29) is 6.54 Å². The van der Waals surface area contributed by atoms with Gasteiger partial charge in [-0.15, -0.1) is 0 Å². The molecule has 0 N–H and O–H groups in total. The molecule has 2 aromatic carbocycles. The Morgan fingerprint density at radius 2 is 1.73 bits per heavy atom. The predicted octanol–water partition coefficient (Wildman–Crippen LogP) is 6.06. The lowest BCUT2D eigenvalue weighted by molar-refractivity contribution is 0.599. The van der Waals surface area contributed by atoms with E-state index >= 15 is 0 Å². The molecule has 0 aliphatic carbocycles. The van der Waals surface area contributed by atoms with Crippen molar-refractivity contribution in [1.29, 1.82) is 0 Å². The van der Waals surface area contributed by atoms with Crippen LogP contribution in [0.1, 0.15) is 11.1 Å². The second-order valence-electron chi connectivity index (χ2n) is 5.52. The molecule has 0 unspecified atom stereocenters. The van der Waals surface area contributed by atoms with E-state index in [0.29, 0.717) is 21.3 Å². The van der Waals surface area contributed by atoms with Crippen molar-refractivity contribution in [1.82, 2.24) is 0 Å². The molecule has 7 heteroatoms. The van der Waals surface area contributed by atoms with Crippen LogP contribution >= 0.6 is 34.5 Å². The minimum atomic E-state index is -3.72. The maximum Gasteiger partial charge on any atom is 0.257 e. The van der Waals surface area contributed by atoms with Crippen molar-refractivity contribution in [2.24, 2.45) is 0 Å². The summed E-state index contributed by atoms with van der Waals surface area (Å²) in [5.74, 6) is 0. The molecule has 0 saturated heterocycles. The molecule has 3 nitrogen and oxygen atoms in total. The summed E-state index contributed by atoms with van der Waals surface area (Å²) >= 11 is 13.5. The third kappa shape index (κ3) is 4.89. The second-order valence-corrected chi connectivity index (χ2v) is 8.92. The Kier molecular flexibility index (Phi) is 6.04.